The van der Waals surface area contributed by atoms with E-state index in [1.165, 1.54) is 0 Å². The average molecular weight is 722 g/mol. The monoisotopic (exact) mass is 721 g/mol. The number of esters is 2. The van der Waals surface area contributed by atoms with Crippen molar-refractivity contribution in [3.8, 4) is 0 Å². The molecule has 286 valence electrons. The summed E-state index contributed by atoms with van der Waals surface area (Å²) in [5, 5.41) is 0. The lowest BCUT2D eigenvalue weighted by molar-refractivity contribution is -0.870. The fraction of sp³-hybridized carbons (Fsp3) is 0.650. The fourth-order valence-corrected chi connectivity index (χ4v) is 5.03. The molecule has 2 atom stereocenters. The molecular weight excluding hydrogens is 653 g/mol. The van der Waals surface area contributed by atoms with Gasteiger partial charge in [0.05, 0.1) is 27.7 Å². The van der Waals surface area contributed by atoms with E-state index in [1.807, 2.05) is 21.1 Å². The second-order valence-electron chi connectivity index (χ2n) is 13.2. The third-order valence-electron chi connectivity index (χ3n) is 7.24. The quantitative estimate of drug-likeness (QED) is 0.0222. The van der Waals surface area contributed by atoms with Crippen LogP contribution in [0.3, 0.4) is 0 Å². The molecule has 0 aliphatic rings. The highest BCUT2D eigenvalue weighted by molar-refractivity contribution is 7.45. The molecule has 0 saturated heterocycles. The number of carbonyl (C=O) groups excluding carboxylic acids is 2. The Hall–Kier alpha value is -2.55. The molecule has 0 N–H and O–H groups in total. The maximum absolute atomic E-state index is 12.5. The van der Waals surface area contributed by atoms with Crippen molar-refractivity contribution in [2.45, 2.75) is 123 Å². The second kappa shape index (κ2) is 32.4. The number of carbonyl (C=O) groups is 2. The topological polar surface area (TPSA) is 111 Å². The summed E-state index contributed by atoms with van der Waals surface area (Å²) in [6.07, 6.45) is 38.4. The molecule has 0 bridgehead atoms. The van der Waals surface area contributed by atoms with Crippen LogP contribution in [-0.4, -0.2) is 70.0 Å². The molecule has 0 rings (SSSR count). The van der Waals surface area contributed by atoms with Gasteiger partial charge in [-0.25, -0.2) is 0 Å². The molecule has 0 amide bonds. The minimum atomic E-state index is -4.62. The highest BCUT2D eigenvalue weighted by Crippen LogP contribution is 2.38. The van der Waals surface area contributed by atoms with Gasteiger partial charge in [-0.3, -0.25) is 14.2 Å². The largest absolute Gasteiger partial charge is 0.756 e. The molecular formula is C40H68NO8P. The third-order valence-corrected chi connectivity index (χ3v) is 8.21. The van der Waals surface area contributed by atoms with Gasteiger partial charge in [-0.05, 0) is 64.2 Å². The van der Waals surface area contributed by atoms with E-state index in [1.54, 1.807) is 0 Å². The summed E-state index contributed by atoms with van der Waals surface area (Å²) in [6.45, 7) is 3.92. The van der Waals surface area contributed by atoms with Crippen LogP contribution >= 0.6 is 7.82 Å². The van der Waals surface area contributed by atoms with Crippen molar-refractivity contribution in [3.63, 3.8) is 0 Å². The van der Waals surface area contributed by atoms with E-state index < -0.39 is 32.5 Å². The molecule has 0 aromatic rings. The van der Waals surface area contributed by atoms with E-state index >= 15 is 0 Å². The third kappa shape index (κ3) is 35.3. The summed E-state index contributed by atoms with van der Waals surface area (Å²) in [5.74, 6) is -0.910. The number of unbranched alkanes of at least 4 members (excludes halogenated alkanes) is 6. The standard InChI is InChI=1S/C40H68NO8P/c1-6-8-10-12-13-14-15-16-17-18-19-20-21-22-23-24-25-26-27-29-31-33-40(43)49-38(36-46-39(42)32-30-28-11-9-7-2)37-48-50(44,45)47-35-34-41(3,4)5/h8,10,13-14,16-17,19-20,22-23,25-26,38H,6-7,9,11-12,15,18,21,24,27-37H2,1-5H3/b10-8-,14-13-,17-16-,20-19-,23-22-,26-25-. The number of nitrogens with zero attached hydrogens (tertiary/aromatic N) is 1. The van der Waals surface area contributed by atoms with Crippen molar-refractivity contribution >= 4 is 19.8 Å². The van der Waals surface area contributed by atoms with Crippen LogP contribution in [0.2, 0.25) is 0 Å². The van der Waals surface area contributed by atoms with Gasteiger partial charge in [0.15, 0.2) is 6.10 Å². The van der Waals surface area contributed by atoms with Gasteiger partial charge < -0.3 is 27.9 Å². The zero-order valence-corrected chi connectivity index (χ0v) is 32.7. The summed E-state index contributed by atoms with van der Waals surface area (Å²) >= 11 is 0. The van der Waals surface area contributed by atoms with Crippen LogP contribution in [-0.2, 0) is 32.7 Å². The smallest absolute Gasteiger partial charge is 0.306 e. The van der Waals surface area contributed by atoms with E-state index in [2.05, 4.69) is 86.8 Å². The number of hydrogen-bond donors (Lipinski definition) is 0. The van der Waals surface area contributed by atoms with Crippen LogP contribution in [0.1, 0.15) is 117 Å². The first-order chi connectivity index (χ1) is 24.0. The normalized spacial score (nSPS) is 14.6. The molecule has 0 radical (unpaired) electrons. The van der Waals surface area contributed by atoms with E-state index in [0.29, 0.717) is 23.9 Å². The predicted molar refractivity (Wildman–Crippen MR) is 203 cm³/mol. The zero-order valence-electron chi connectivity index (χ0n) is 31.8. The lowest BCUT2D eigenvalue weighted by atomic mass is 10.1. The number of hydrogen-bond acceptors (Lipinski definition) is 8. The SMILES string of the molecule is CC/C=C\C/C=C\C/C=C\C/C=C\C/C=C\C/C=C\CCCCC(=O)OC(COC(=O)CCCCCCC)COP(=O)([O-])OCC[N+](C)(C)C. The summed E-state index contributed by atoms with van der Waals surface area (Å²) in [5.41, 5.74) is 0. The minimum absolute atomic E-state index is 0.0431. The van der Waals surface area contributed by atoms with Gasteiger partial charge in [0.2, 0.25) is 0 Å². The molecule has 0 fully saturated rings. The van der Waals surface area contributed by atoms with Crippen LogP contribution in [0.4, 0.5) is 0 Å². The number of phosphoric ester groups is 1. The van der Waals surface area contributed by atoms with Gasteiger partial charge in [-0.15, -0.1) is 0 Å². The molecule has 0 spiro atoms. The fourth-order valence-electron chi connectivity index (χ4n) is 4.30. The van der Waals surface area contributed by atoms with E-state index in [4.69, 9.17) is 18.5 Å². The molecule has 0 saturated carbocycles. The lowest BCUT2D eigenvalue weighted by Gasteiger charge is -2.28. The second-order valence-corrected chi connectivity index (χ2v) is 14.6. The molecule has 2 unspecified atom stereocenters. The highest BCUT2D eigenvalue weighted by Gasteiger charge is 2.21. The first-order valence-electron chi connectivity index (χ1n) is 18.6. The van der Waals surface area contributed by atoms with Gasteiger partial charge >= 0.3 is 11.9 Å². The van der Waals surface area contributed by atoms with Crippen molar-refractivity contribution < 1.29 is 42.1 Å². The summed E-state index contributed by atoms with van der Waals surface area (Å²) in [4.78, 5) is 37.0. The first kappa shape index (κ1) is 47.4. The Labute approximate surface area is 304 Å². The Kier molecular flexibility index (Phi) is 30.7. The van der Waals surface area contributed by atoms with Gasteiger partial charge in [-0.2, -0.15) is 0 Å². The summed E-state index contributed by atoms with van der Waals surface area (Å²) < 4.78 is 33.5. The van der Waals surface area contributed by atoms with Gasteiger partial charge in [0.1, 0.15) is 19.8 Å². The first-order valence-corrected chi connectivity index (χ1v) is 20.1. The Balaban J connectivity index is 4.41. The van der Waals surface area contributed by atoms with Crippen molar-refractivity contribution in [2.24, 2.45) is 0 Å². The number of allylic oxidation sites excluding steroid dienone is 12. The predicted octanol–water partition coefficient (Wildman–Crippen LogP) is 9.27. The van der Waals surface area contributed by atoms with E-state index in [-0.39, 0.29) is 26.1 Å². The molecule has 0 aliphatic heterocycles. The molecule has 0 heterocycles. The molecule has 10 heteroatoms. The Morgan fingerprint density at radius 3 is 1.68 bits per heavy atom. The number of rotatable bonds is 32. The summed E-state index contributed by atoms with van der Waals surface area (Å²) in [6, 6.07) is 0. The Morgan fingerprint density at radius 2 is 1.14 bits per heavy atom. The van der Waals surface area contributed by atoms with E-state index in [9.17, 15) is 19.0 Å². The molecule has 0 aromatic heterocycles. The maximum atomic E-state index is 12.5. The number of quaternary nitrogens is 1. The van der Waals surface area contributed by atoms with Gasteiger partial charge in [0, 0.05) is 12.8 Å². The molecule has 9 nitrogen and oxygen atoms in total. The Morgan fingerprint density at radius 1 is 0.640 bits per heavy atom. The van der Waals surface area contributed by atoms with Crippen molar-refractivity contribution in [2.75, 3.05) is 47.5 Å². The lowest BCUT2D eigenvalue weighted by Crippen LogP contribution is -2.37. The van der Waals surface area contributed by atoms with Crippen LogP contribution in [0, 0.1) is 0 Å². The van der Waals surface area contributed by atoms with Crippen molar-refractivity contribution in [1.82, 2.24) is 0 Å². The highest BCUT2D eigenvalue weighted by atomic mass is 31.2. The van der Waals surface area contributed by atoms with Crippen LogP contribution in [0.25, 0.3) is 0 Å². The minimum Gasteiger partial charge on any atom is -0.756 e. The van der Waals surface area contributed by atoms with Gasteiger partial charge in [-0.1, -0.05) is 112 Å². The summed E-state index contributed by atoms with van der Waals surface area (Å²) in [7, 11) is 1.12. The molecule has 0 aliphatic carbocycles. The zero-order chi connectivity index (χ0) is 37.2. The molecule has 0 aromatic carbocycles. The van der Waals surface area contributed by atoms with Crippen LogP contribution in [0.15, 0.2) is 72.9 Å². The van der Waals surface area contributed by atoms with Crippen molar-refractivity contribution in [1.29, 1.82) is 0 Å². The number of phosphoric acid groups is 1. The maximum Gasteiger partial charge on any atom is 0.306 e. The van der Waals surface area contributed by atoms with Crippen molar-refractivity contribution in [3.05, 3.63) is 72.9 Å². The van der Waals surface area contributed by atoms with Crippen LogP contribution < -0.4 is 4.89 Å². The molecule has 50 heavy (non-hydrogen) atoms. The number of ether oxygens (including phenoxy) is 2. The Bertz CT molecular complexity index is 1090. The average Bonchev–Trinajstić information content (AvgIpc) is 3.06. The number of likely N-dealkylation sites (N-methyl/N-ethyl adjacent to an activating group) is 1. The van der Waals surface area contributed by atoms with Gasteiger partial charge in [0.25, 0.3) is 7.82 Å². The van der Waals surface area contributed by atoms with Crippen LogP contribution in [0.5, 0.6) is 0 Å². The van der Waals surface area contributed by atoms with E-state index in [0.717, 1.165) is 77.0 Å².